The molecular formula is C18H25N5O. The standard InChI is InChI=1S/C18H25N5O/c1-3-23(18(24)12-22-14-19-13-20-22)17-9-10-21(11-17)15(2)16-7-5-4-6-8-16/h4-8,13-15,17H,3,9-12H2,1-2H3/t15-,17+/m1/s1. The Morgan fingerprint density at radius 2 is 2.17 bits per heavy atom. The van der Waals surface area contributed by atoms with Crippen LogP contribution in [0.4, 0.5) is 0 Å². The minimum Gasteiger partial charge on any atom is -0.337 e. The number of amides is 1. The summed E-state index contributed by atoms with van der Waals surface area (Å²) in [5, 5.41) is 4.03. The third kappa shape index (κ3) is 3.64. The molecule has 0 N–H and O–H groups in total. The van der Waals surface area contributed by atoms with Crippen LogP contribution in [-0.2, 0) is 11.3 Å². The van der Waals surface area contributed by atoms with E-state index in [9.17, 15) is 4.79 Å². The van der Waals surface area contributed by atoms with Gasteiger partial charge in [0.15, 0.2) is 0 Å². The van der Waals surface area contributed by atoms with Crippen LogP contribution >= 0.6 is 0 Å². The number of carbonyl (C=O) groups excluding carboxylic acids is 1. The van der Waals surface area contributed by atoms with Gasteiger partial charge < -0.3 is 4.90 Å². The molecule has 0 saturated carbocycles. The third-order valence-electron chi connectivity index (χ3n) is 4.89. The van der Waals surface area contributed by atoms with E-state index < -0.39 is 0 Å². The van der Waals surface area contributed by atoms with E-state index in [1.807, 2.05) is 17.9 Å². The van der Waals surface area contributed by atoms with Gasteiger partial charge >= 0.3 is 0 Å². The highest BCUT2D eigenvalue weighted by Crippen LogP contribution is 2.26. The molecule has 2 aromatic rings. The molecule has 1 aromatic carbocycles. The molecule has 0 unspecified atom stereocenters. The third-order valence-corrected chi connectivity index (χ3v) is 4.89. The lowest BCUT2D eigenvalue weighted by Crippen LogP contribution is -2.43. The van der Waals surface area contributed by atoms with E-state index in [2.05, 4.69) is 46.2 Å². The van der Waals surface area contributed by atoms with Crippen LogP contribution in [-0.4, -0.2) is 56.1 Å². The highest BCUT2D eigenvalue weighted by Gasteiger charge is 2.32. The van der Waals surface area contributed by atoms with Gasteiger partial charge in [0.2, 0.25) is 5.91 Å². The number of carbonyl (C=O) groups is 1. The van der Waals surface area contributed by atoms with E-state index in [-0.39, 0.29) is 18.5 Å². The number of rotatable bonds is 6. The van der Waals surface area contributed by atoms with Gasteiger partial charge in [-0.15, -0.1) is 0 Å². The molecule has 6 nitrogen and oxygen atoms in total. The first kappa shape index (κ1) is 16.6. The minimum absolute atomic E-state index is 0.113. The van der Waals surface area contributed by atoms with Crippen LogP contribution in [0.1, 0.15) is 31.9 Å². The van der Waals surface area contributed by atoms with Crippen LogP contribution in [0.15, 0.2) is 43.0 Å². The van der Waals surface area contributed by atoms with Crippen molar-refractivity contribution in [3.8, 4) is 0 Å². The lowest BCUT2D eigenvalue weighted by molar-refractivity contribution is -0.134. The molecule has 128 valence electrons. The Morgan fingerprint density at radius 1 is 1.38 bits per heavy atom. The van der Waals surface area contributed by atoms with Gasteiger partial charge in [0.05, 0.1) is 0 Å². The van der Waals surface area contributed by atoms with Crippen molar-refractivity contribution < 1.29 is 4.79 Å². The normalized spacial score (nSPS) is 19.3. The van der Waals surface area contributed by atoms with E-state index in [0.717, 1.165) is 26.1 Å². The van der Waals surface area contributed by atoms with Crippen LogP contribution in [0.2, 0.25) is 0 Å². The molecular weight excluding hydrogens is 302 g/mol. The molecule has 0 radical (unpaired) electrons. The first-order valence-electron chi connectivity index (χ1n) is 8.60. The maximum atomic E-state index is 12.6. The van der Waals surface area contributed by atoms with Crippen molar-refractivity contribution >= 4 is 5.91 Å². The number of hydrogen-bond donors (Lipinski definition) is 0. The van der Waals surface area contributed by atoms with Crippen molar-refractivity contribution in [2.45, 2.75) is 38.9 Å². The summed E-state index contributed by atoms with van der Waals surface area (Å²) < 4.78 is 1.59. The zero-order chi connectivity index (χ0) is 16.9. The number of likely N-dealkylation sites (tertiary alicyclic amines) is 1. The fraction of sp³-hybridized carbons (Fsp3) is 0.500. The molecule has 1 aliphatic rings. The second kappa shape index (κ2) is 7.57. The fourth-order valence-electron chi connectivity index (χ4n) is 3.50. The van der Waals surface area contributed by atoms with Gasteiger partial charge in [-0.1, -0.05) is 30.3 Å². The SMILES string of the molecule is CCN(C(=O)Cn1cncn1)[C@H]1CCN([C@H](C)c2ccccc2)C1. The van der Waals surface area contributed by atoms with Crippen LogP contribution in [0, 0.1) is 0 Å². The average Bonchev–Trinajstić information content (AvgIpc) is 3.28. The van der Waals surface area contributed by atoms with Crippen molar-refractivity contribution in [2.24, 2.45) is 0 Å². The van der Waals surface area contributed by atoms with E-state index in [4.69, 9.17) is 0 Å². The molecule has 1 amide bonds. The monoisotopic (exact) mass is 327 g/mol. The number of likely N-dealkylation sites (N-methyl/N-ethyl adjacent to an activating group) is 1. The van der Waals surface area contributed by atoms with Crippen molar-refractivity contribution in [1.82, 2.24) is 24.6 Å². The first-order valence-corrected chi connectivity index (χ1v) is 8.60. The molecule has 6 heteroatoms. The summed E-state index contributed by atoms with van der Waals surface area (Å²) >= 11 is 0. The van der Waals surface area contributed by atoms with Crippen molar-refractivity contribution in [1.29, 1.82) is 0 Å². The van der Waals surface area contributed by atoms with E-state index in [1.54, 1.807) is 11.0 Å². The number of aromatic nitrogens is 3. The number of nitrogens with zero attached hydrogens (tertiary/aromatic N) is 5. The zero-order valence-corrected chi connectivity index (χ0v) is 14.4. The molecule has 1 fully saturated rings. The van der Waals surface area contributed by atoms with Crippen molar-refractivity contribution in [3.05, 3.63) is 48.5 Å². The van der Waals surface area contributed by atoms with Gasteiger partial charge in [-0.2, -0.15) is 5.10 Å². The Hall–Kier alpha value is -2.21. The Kier molecular flexibility index (Phi) is 5.25. The van der Waals surface area contributed by atoms with Gasteiger partial charge in [-0.25, -0.2) is 9.67 Å². The van der Waals surface area contributed by atoms with Crippen molar-refractivity contribution in [2.75, 3.05) is 19.6 Å². The number of hydrogen-bond acceptors (Lipinski definition) is 4. The average molecular weight is 327 g/mol. The van der Waals surface area contributed by atoms with Gasteiger partial charge in [-0.05, 0) is 25.8 Å². The lowest BCUT2D eigenvalue weighted by atomic mass is 10.1. The Labute approximate surface area is 143 Å². The quantitative estimate of drug-likeness (QED) is 0.814. The van der Waals surface area contributed by atoms with E-state index >= 15 is 0 Å². The second-order valence-corrected chi connectivity index (χ2v) is 6.30. The zero-order valence-electron chi connectivity index (χ0n) is 14.4. The molecule has 2 heterocycles. The van der Waals surface area contributed by atoms with Gasteiger partial charge in [0.1, 0.15) is 19.2 Å². The summed E-state index contributed by atoms with van der Waals surface area (Å²) in [5.74, 6) is 0.113. The topological polar surface area (TPSA) is 54.3 Å². The Balaban J connectivity index is 1.61. The maximum Gasteiger partial charge on any atom is 0.244 e. The molecule has 0 bridgehead atoms. The van der Waals surface area contributed by atoms with Gasteiger partial charge in [-0.3, -0.25) is 9.69 Å². The van der Waals surface area contributed by atoms with Crippen LogP contribution in [0.3, 0.4) is 0 Å². The summed E-state index contributed by atoms with van der Waals surface area (Å²) in [6, 6.07) is 11.2. The minimum atomic E-state index is 0.113. The molecule has 1 saturated heterocycles. The summed E-state index contributed by atoms with van der Waals surface area (Å²) in [6.07, 6.45) is 4.07. The molecule has 1 aromatic heterocycles. The molecule has 1 aliphatic heterocycles. The second-order valence-electron chi connectivity index (χ2n) is 6.30. The van der Waals surface area contributed by atoms with E-state index in [0.29, 0.717) is 6.04 Å². The summed E-state index contributed by atoms with van der Waals surface area (Å²) in [5.41, 5.74) is 1.33. The smallest absolute Gasteiger partial charge is 0.244 e. The lowest BCUT2D eigenvalue weighted by Gasteiger charge is -2.29. The fourth-order valence-corrected chi connectivity index (χ4v) is 3.50. The highest BCUT2D eigenvalue weighted by atomic mass is 16.2. The predicted octanol–water partition coefficient (Wildman–Crippen LogP) is 1.96. The predicted molar refractivity (Wildman–Crippen MR) is 92.2 cm³/mol. The molecule has 0 aliphatic carbocycles. The van der Waals surface area contributed by atoms with Gasteiger partial charge in [0.25, 0.3) is 0 Å². The van der Waals surface area contributed by atoms with Crippen LogP contribution in [0.5, 0.6) is 0 Å². The van der Waals surface area contributed by atoms with Gasteiger partial charge in [0, 0.05) is 31.7 Å². The largest absolute Gasteiger partial charge is 0.337 e. The molecule has 2 atom stereocenters. The molecule has 0 spiro atoms. The Bertz CT molecular complexity index is 643. The molecule has 3 rings (SSSR count). The maximum absolute atomic E-state index is 12.6. The summed E-state index contributed by atoms with van der Waals surface area (Å²) in [6.45, 7) is 7.22. The van der Waals surface area contributed by atoms with Crippen LogP contribution in [0.25, 0.3) is 0 Å². The Morgan fingerprint density at radius 3 is 2.83 bits per heavy atom. The molecule has 24 heavy (non-hydrogen) atoms. The summed E-state index contributed by atoms with van der Waals surface area (Å²) in [7, 11) is 0. The highest BCUT2D eigenvalue weighted by molar-refractivity contribution is 5.76. The van der Waals surface area contributed by atoms with Crippen molar-refractivity contribution in [3.63, 3.8) is 0 Å². The summed E-state index contributed by atoms with van der Waals surface area (Å²) in [4.78, 5) is 20.9. The van der Waals surface area contributed by atoms with Crippen LogP contribution < -0.4 is 0 Å². The van der Waals surface area contributed by atoms with E-state index in [1.165, 1.54) is 11.9 Å². The number of benzene rings is 1. The first-order chi connectivity index (χ1) is 11.7.